The topological polar surface area (TPSA) is 116 Å². The van der Waals surface area contributed by atoms with E-state index in [2.05, 4.69) is 9.97 Å². The highest BCUT2D eigenvalue weighted by Crippen LogP contribution is 2.31. The molecule has 0 radical (unpaired) electrons. The normalized spacial score (nSPS) is 11.2. The third-order valence-corrected chi connectivity index (χ3v) is 4.66. The van der Waals surface area contributed by atoms with Crippen LogP contribution in [0, 0.1) is 0 Å². The van der Waals surface area contributed by atoms with Crippen molar-refractivity contribution in [1.82, 2.24) is 24.5 Å². The molecule has 0 spiro atoms. The minimum atomic E-state index is -0.0259. The number of rotatable bonds is 4. The minimum absolute atomic E-state index is 0.0259. The van der Waals surface area contributed by atoms with Gasteiger partial charge in [-0.25, -0.2) is 19.9 Å². The molecule has 0 saturated carbocycles. The Kier molecular flexibility index (Phi) is 4.03. The van der Waals surface area contributed by atoms with E-state index < -0.39 is 0 Å². The number of pyridine rings is 2. The predicted molar refractivity (Wildman–Crippen MR) is 108 cm³/mol. The predicted octanol–water partition coefficient (Wildman–Crippen LogP) is 3.21. The Bertz CT molecular complexity index is 1290. The van der Waals surface area contributed by atoms with Crippen molar-refractivity contribution in [3.8, 4) is 28.5 Å². The van der Waals surface area contributed by atoms with Gasteiger partial charge in [0.25, 0.3) is 0 Å². The maximum atomic E-state index is 9.37. The molecule has 1 aromatic carbocycles. The van der Waals surface area contributed by atoms with Gasteiger partial charge in [0, 0.05) is 11.9 Å². The zero-order valence-electron chi connectivity index (χ0n) is 15.2. The highest BCUT2D eigenvalue weighted by atomic mass is 16.3. The van der Waals surface area contributed by atoms with Gasteiger partial charge >= 0.3 is 0 Å². The summed E-state index contributed by atoms with van der Waals surface area (Å²) in [5.41, 5.74) is 11.2. The van der Waals surface area contributed by atoms with Gasteiger partial charge in [-0.1, -0.05) is 12.1 Å². The molecule has 0 atom stereocenters. The van der Waals surface area contributed by atoms with Crippen LogP contribution >= 0.6 is 0 Å². The third kappa shape index (κ3) is 2.91. The number of aliphatic hydroxyl groups is 1. The molecule has 4 heterocycles. The average Bonchev–Trinajstić information content (AvgIpc) is 3.42. The van der Waals surface area contributed by atoms with E-state index >= 15 is 0 Å². The van der Waals surface area contributed by atoms with Crippen molar-refractivity contribution in [1.29, 1.82) is 0 Å². The summed E-state index contributed by atoms with van der Waals surface area (Å²) in [5, 5.41) is 9.37. The number of aromatic nitrogens is 5. The van der Waals surface area contributed by atoms with Crippen molar-refractivity contribution in [3.63, 3.8) is 0 Å². The third-order valence-electron chi connectivity index (χ3n) is 4.66. The van der Waals surface area contributed by atoms with Crippen molar-refractivity contribution < 1.29 is 9.52 Å². The molecule has 8 heteroatoms. The Balaban J connectivity index is 1.80. The molecule has 0 unspecified atom stereocenters. The number of hydrogen-bond acceptors (Lipinski definition) is 7. The number of benzene rings is 1. The van der Waals surface area contributed by atoms with Crippen molar-refractivity contribution in [2.75, 3.05) is 5.73 Å². The number of hydrogen-bond donors (Lipinski definition) is 2. The maximum Gasteiger partial charge on any atom is 0.181 e. The van der Waals surface area contributed by atoms with Gasteiger partial charge in [0.15, 0.2) is 17.9 Å². The van der Waals surface area contributed by atoms with E-state index in [1.54, 1.807) is 12.5 Å². The van der Waals surface area contributed by atoms with Crippen LogP contribution in [0.5, 0.6) is 0 Å². The molecule has 29 heavy (non-hydrogen) atoms. The second kappa shape index (κ2) is 6.84. The molecule has 8 nitrogen and oxygen atoms in total. The summed E-state index contributed by atoms with van der Waals surface area (Å²) in [7, 11) is 0. The van der Waals surface area contributed by atoms with Crippen LogP contribution in [0.4, 0.5) is 5.82 Å². The number of oxazole rings is 1. The Labute approximate surface area is 165 Å². The van der Waals surface area contributed by atoms with Crippen LogP contribution in [-0.4, -0.2) is 29.6 Å². The van der Waals surface area contributed by atoms with Gasteiger partial charge in [-0.15, -0.1) is 0 Å². The first-order chi connectivity index (χ1) is 14.2. The first-order valence-corrected chi connectivity index (χ1v) is 8.93. The average molecular weight is 384 g/mol. The summed E-state index contributed by atoms with van der Waals surface area (Å²) in [6.07, 6.45) is 4.56. The van der Waals surface area contributed by atoms with Crippen molar-refractivity contribution in [2.45, 2.75) is 6.61 Å². The van der Waals surface area contributed by atoms with E-state index in [1.807, 2.05) is 53.1 Å². The van der Waals surface area contributed by atoms with Crippen LogP contribution in [-0.2, 0) is 6.61 Å². The van der Waals surface area contributed by atoms with Gasteiger partial charge in [-0.05, 0) is 42.0 Å². The second-order valence-corrected chi connectivity index (χ2v) is 6.44. The highest BCUT2D eigenvalue weighted by molar-refractivity contribution is 5.84. The van der Waals surface area contributed by atoms with Gasteiger partial charge in [0.2, 0.25) is 0 Å². The van der Waals surface area contributed by atoms with Crippen LogP contribution < -0.4 is 5.73 Å². The molecule has 0 amide bonds. The standard InChI is InChI=1S/C21H16N6O2/c22-19-15(2-1-9-23-19)20-26-17-8-7-16(18-11-29-12-24-18)25-21(17)27(20)14-5-3-13(10-28)4-6-14/h1-9,11-12,28H,10H2,(H2,22,23). The number of nitrogen functional groups attached to an aromatic ring is 1. The summed E-state index contributed by atoms with van der Waals surface area (Å²) in [6, 6.07) is 15.0. The SMILES string of the molecule is Nc1ncccc1-c1nc2ccc(-c3cocn3)nc2n1-c1ccc(CO)cc1. The van der Waals surface area contributed by atoms with Gasteiger partial charge in [-0.3, -0.25) is 4.57 Å². The lowest BCUT2D eigenvalue weighted by atomic mass is 10.2. The molecule has 142 valence electrons. The Morgan fingerprint density at radius 3 is 2.55 bits per heavy atom. The number of nitrogens with zero attached hydrogens (tertiary/aromatic N) is 5. The van der Waals surface area contributed by atoms with Crippen LogP contribution in [0.3, 0.4) is 0 Å². The lowest BCUT2D eigenvalue weighted by Crippen LogP contribution is -2.02. The van der Waals surface area contributed by atoms with Crippen LogP contribution in [0.15, 0.2) is 71.8 Å². The van der Waals surface area contributed by atoms with Crippen LogP contribution in [0.1, 0.15) is 5.56 Å². The zero-order chi connectivity index (χ0) is 19.8. The quantitative estimate of drug-likeness (QED) is 0.489. The number of nitrogens with two attached hydrogens (primary N) is 1. The number of anilines is 1. The van der Waals surface area contributed by atoms with Gasteiger partial charge in [0.05, 0.1) is 17.9 Å². The van der Waals surface area contributed by atoms with Gasteiger partial charge in [0.1, 0.15) is 23.3 Å². The summed E-state index contributed by atoms with van der Waals surface area (Å²) < 4.78 is 7.01. The summed E-state index contributed by atoms with van der Waals surface area (Å²) in [5.74, 6) is 1.01. The molecule has 0 aliphatic heterocycles. The zero-order valence-corrected chi connectivity index (χ0v) is 15.2. The van der Waals surface area contributed by atoms with E-state index in [-0.39, 0.29) is 6.61 Å². The first kappa shape index (κ1) is 17.1. The highest BCUT2D eigenvalue weighted by Gasteiger charge is 2.19. The molecule has 4 aromatic heterocycles. The van der Waals surface area contributed by atoms with E-state index in [9.17, 15) is 5.11 Å². The van der Waals surface area contributed by atoms with E-state index in [0.29, 0.717) is 39.8 Å². The molecule has 0 bridgehead atoms. The maximum absolute atomic E-state index is 9.37. The number of aliphatic hydroxyl groups excluding tert-OH is 1. The first-order valence-electron chi connectivity index (χ1n) is 8.93. The fraction of sp³-hybridized carbons (Fsp3) is 0.0476. The molecule has 5 rings (SSSR count). The molecular formula is C21H16N6O2. The van der Waals surface area contributed by atoms with Crippen LogP contribution in [0.25, 0.3) is 39.6 Å². The molecule has 3 N–H and O–H groups in total. The second-order valence-electron chi connectivity index (χ2n) is 6.44. The lowest BCUT2D eigenvalue weighted by molar-refractivity contribution is 0.282. The Hall–Kier alpha value is -4.04. The summed E-state index contributed by atoms with van der Waals surface area (Å²) in [4.78, 5) is 17.9. The fourth-order valence-electron chi connectivity index (χ4n) is 3.22. The summed E-state index contributed by atoms with van der Waals surface area (Å²) in [6.45, 7) is -0.0259. The van der Waals surface area contributed by atoms with Crippen molar-refractivity contribution in [3.05, 3.63) is 72.9 Å². The van der Waals surface area contributed by atoms with Crippen molar-refractivity contribution >= 4 is 17.0 Å². The van der Waals surface area contributed by atoms with Gasteiger partial charge in [-0.2, -0.15) is 0 Å². The monoisotopic (exact) mass is 384 g/mol. The molecule has 0 aliphatic rings. The van der Waals surface area contributed by atoms with E-state index in [4.69, 9.17) is 20.1 Å². The smallest absolute Gasteiger partial charge is 0.181 e. The lowest BCUT2D eigenvalue weighted by Gasteiger charge is -2.11. The van der Waals surface area contributed by atoms with Crippen molar-refractivity contribution in [2.24, 2.45) is 0 Å². The van der Waals surface area contributed by atoms with E-state index in [1.165, 1.54) is 6.39 Å². The summed E-state index contributed by atoms with van der Waals surface area (Å²) >= 11 is 0. The Morgan fingerprint density at radius 1 is 0.966 bits per heavy atom. The molecular weight excluding hydrogens is 368 g/mol. The Morgan fingerprint density at radius 2 is 1.83 bits per heavy atom. The molecule has 0 saturated heterocycles. The number of imidazole rings is 1. The van der Waals surface area contributed by atoms with Crippen LogP contribution in [0.2, 0.25) is 0 Å². The molecule has 0 aliphatic carbocycles. The minimum Gasteiger partial charge on any atom is -0.451 e. The molecule has 0 fully saturated rings. The largest absolute Gasteiger partial charge is 0.451 e. The number of fused-ring (bicyclic) bond motifs is 1. The fourth-order valence-corrected chi connectivity index (χ4v) is 3.22. The van der Waals surface area contributed by atoms with E-state index in [0.717, 1.165) is 11.3 Å². The van der Waals surface area contributed by atoms with Gasteiger partial charge < -0.3 is 15.3 Å². The molecule has 5 aromatic rings.